The van der Waals surface area contributed by atoms with Crippen LogP contribution < -0.4 is 5.32 Å². The van der Waals surface area contributed by atoms with Gasteiger partial charge in [0.2, 0.25) is 0 Å². The number of hydrogen-bond acceptors (Lipinski definition) is 5. The molecule has 0 amide bonds. The summed E-state index contributed by atoms with van der Waals surface area (Å²) in [6, 6.07) is 1.91. The molecule has 122 valence electrons. The first-order chi connectivity index (χ1) is 10.4. The lowest BCUT2D eigenvalue weighted by Crippen LogP contribution is -2.41. The molecule has 2 N–H and O–H groups in total. The van der Waals surface area contributed by atoms with Crippen molar-refractivity contribution in [1.82, 2.24) is 9.97 Å². The summed E-state index contributed by atoms with van der Waals surface area (Å²) >= 11 is 0. The van der Waals surface area contributed by atoms with Crippen LogP contribution in [-0.2, 0) is 10.2 Å². The minimum absolute atomic E-state index is 0.0117. The fourth-order valence-corrected chi connectivity index (χ4v) is 3.65. The van der Waals surface area contributed by atoms with Gasteiger partial charge in [-0.3, -0.25) is 0 Å². The number of fused-ring (bicyclic) bond motifs is 2. The highest BCUT2D eigenvalue weighted by molar-refractivity contribution is 5.34. The maximum atomic E-state index is 9.67. The van der Waals surface area contributed by atoms with Crippen LogP contribution in [0.4, 0.5) is 5.82 Å². The van der Waals surface area contributed by atoms with Crippen LogP contribution in [0, 0.1) is 5.41 Å². The van der Waals surface area contributed by atoms with Gasteiger partial charge in [0, 0.05) is 23.6 Å². The molecule has 5 nitrogen and oxygen atoms in total. The largest absolute Gasteiger partial charge is 0.396 e. The number of rotatable bonds is 4. The second-order valence-corrected chi connectivity index (χ2v) is 8.03. The van der Waals surface area contributed by atoms with Crippen LogP contribution in [0.5, 0.6) is 0 Å². The zero-order valence-corrected chi connectivity index (χ0v) is 13.9. The zero-order chi connectivity index (χ0) is 15.8. The number of nitrogens with zero attached hydrogens (tertiary/aromatic N) is 2. The number of hydrogen-bond donors (Lipinski definition) is 2. The van der Waals surface area contributed by atoms with Crippen molar-refractivity contribution >= 4 is 5.82 Å². The van der Waals surface area contributed by atoms with Crippen LogP contribution in [-0.4, -0.2) is 40.4 Å². The van der Waals surface area contributed by atoms with E-state index in [0.29, 0.717) is 6.61 Å². The van der Waals surface area contributed by atoms with Gasteiger partial charge in [-0.15, -0.1) is 0 Å². The molecule has 0 radical (unpaired) electrons. The second-order valence-electron chi connectivity index (χ2n) is 8.03. The van der Waals surface area contributed by atoms with E-state index in [-0.39, 0.29) is 23.0 Å². The second kappa shape index (κ2) is 5.46. The maximum Gasteiger partial charge on any atom is 0.135 e. The van der Waals surface area contributed by atoms with Gasteiger partial charge in [0.1, 0.15) is 11.6 Å². The van der Waals surface area contributed by atoms with Crippen LogP contribution in [0.25, 0.3) is 0 Å². The van der Waals surface area contributed by atoms with E-state index >= 15 is 0 Å². The van der Waals surface area contributed by atoms with Crippen LogP contribution in [0.2, 0.25) is 0 Å². The molecular formula is C17H27N3O2. The molecule has 2 unspecified atom stereocenters. The van der Waals surface area contributed by atoms with Crippen molar-refractivity contribution in [3.8, 4) is 0 Å². The predicted octanol–water partition coefficient (Wildman–Crippen LogP) is 2.51. The Balaban J connectivity index is 1.68. The Labute approximate surface area is 132 Å². The first-order valence-corrected chi connectivity index (χ1v) is 8.19. The highest BCUT2D eigenvalue weighted by atomic mass is 16.5. The van der Waals surface area contributed by atoms with E-state index in [4.69, 9.17) is 4.74 Å². The average molecular weight is 305 g/mol. The first kappa shape index (κ1) is 15.7. The molecule has 22 heavy (non-hydrogen) atoms. The zero-order valence-electron chi connectivity index (χ0n) is 13.9. The molecule has 2 atom stereocenters. The Bertz CT molecular complexity index is 543. The standard InChI is InChI=1S/C17H27N3O2/c1-15(2,3)14-18-8-5-13(20-14)19-10-17-7-4-6-16(9-17,11-21)12-22-17/h5,8,21H,4,6-7,9-12H2,1-3H3,(H,18,19,20). The lowest BCUT2D eigenvalue weighted by Gasteiger charge is -2.36. The lowest BCUT2D eigenvalue weighted by atomic mass is 9.71. The average Bonchev–Trinajstić information content (AvgIpc) is 2.77. The van der Waals surface area contributed by atoms with Gasteiger partial charge in [0.05, 0.1) is 18.8 Å². The van der Waals surface area contributed by atoms with Gasteiger partial charge in [-0.25, -0.2) is 9.97 Å². The summed E-state index contributed by atoms with van der Waals surface area (Å²) < 4.78 is 6.11. The molecule has 2 bridgehead atoms. The van der Waals surface area contributed by atoms with Crippen molar-refractivity contribution in [2.45, 2.75) is 57.5 Å². The third-order valence-corrected chi connectivity index (χ3v) is 4.97. The number of nitrogens with one attached hydrogen (secondary N) is 1. The predicted molar refractivity (Wildman–Crippen MR) is 85.9 cm³/mol. The van der Waals surface area contributed by atoms with Gasteiger partial charge in [-0.05, 0) is 31.7 Å². The first-order valence-electron chi connectivity index (χ1n) is 8.19. The summed E-state index contributed by atoms with van der Waals surface area (Å²) in [4.78, 5) is 8.98. The fourth-order valence-electron chi connectivity index (χ4n) is 3.65. The summed E-state index contributed by atoms with van der Waals surface area (Å²) in [5, 5.41) is 13.1. The van der Waals surface area contributed by atoms with Gasteiger partial charge in [0.15, 0.2) is 0 Å². The third-order valence-electron chi connectivity index (χ3n) is 4.97. The van der Waals surface area contributed by atoms with Crippen LogP contribution in [0.3, 0.4) is 0 Å². The van der Waals surface area contributed by atoms with E-state index in [1.165, 1.54) is 0 Å². The normalized spacial score (nSPS) is 31.3. The Morgan fingerprint density at radius 2 is 2.18 bits per heavy atom. The molecule has 0 aromatic carbocycles. The van der Waals surface area contributed by atoms with E-state index in [0.717, 1.165) is 43.9 Å². The molecule has 1 aliphatic heterocycles. The van der Waals surface area contributed by atoms with Crippen molar-refractivity contribution < 1.29 is 9.84 Å². The Hall–Kier alpha value is -1.20. The van der Waals surface area contributed by atoms with Crippen molar-refractivity contribution in [2.24, 2.45) is 5.41 Å². The molecular weight excluding hydrogens is 278 g/mol. The molecule has 5 heteroatoms. The summed E-state index contributed by atoms with van der Waals surface area (Å²) in [7, 11) is 0. The minimum atomic E-state index is -0.145. The monoisotopic (exact) mass is 305 g/mol. The van der Waals surface area contributed by atoms with Gasteiger partial charge in [-0.2, -0.15) is 0 Å². The van der Waals surface area contributed by atoms with Crippen molar-refractivity contribution in [1.29, 1.82) is 0 Å². The topological polar surface area (TPSA) is 67.3 Å². The SMILES string of the molecule is CC(C)(C)c1nccc(NCC23CCCC(CO)(CO2)C3)n1. The number of anilines is 1. The highest BCUT2D eigenvalue weighted by Crippen LogP contribution is 2.49. The van der Waals surface area contributed by atoms with Crippen molar-refractivity contribution in [3.05, 3.63) is 18.1 Å². The Morgan fingerprint density at radius 1 is 1.36 bits per heavy atom. The molecule has 0 spiro atoms. The molecule has 2 heterocycles. The third kappa shape index (κ3) is 2.97. The van der Waals surface area contributed by atoms with Crippen LogP contribution in [0.15, 0.2) is 12.3 Å². The number of aliphatic hydroxyl groups is 1. The molecule has 1 saturated heterocycles. The molecule has 1 aromatic rings. The Kier molecular flexibility index (Phi) is 3.89. The van der Waals surface area contributed by atoms with Crippen molar-refractivity contribution in [2.75, 3.05) is 25.1 Å². The van der Waals surface area contributed by atoms with Crippen LogP contribution >= 0.6 is 0 Å². The number of ether oxygens (including phenoxy) is 1. The van der Waals surface area contributed by atoms with Gasteiger partial charge < -0.3 is 15.2 Å². The Morgan fingerprint density at radius 3 is 2.91 bits per heavy atom. The van der Waals surface area contributed by atoms with Gasteiger partial charge in [-0.1, -0.05) is 20.8 Å². The van der Waals surface area contributed by atoms with Crippen molar-refractivity contribution in [3.63, 3.8) is 0 Å². The number of aliphatic hydroxyl groups excluding tert-OH is 1. The van der Waals surface area contributed by atoms with Gasteiger partial charge >= 0.3 is 0 Å². The molecule has 2 fully saturated rings. The molecule has 1 aromatic heterocycles. The summed E-state index contributed by atoms with van der Waals surface area (Å²) in [5.74, 6) is 1.70. The number of aromatic nitrogens is 2. The van der Waals surface area contributed by atoms with E-state index in [1.807, 2.05) is 12.3 Å². The highest BCUT2D eigenvalue weighted by Gasteiger charge is 2.51. The smallest absolute Gasteiger partial charge is 0.135 e. The summed E-state index contributed by atoms with van der Waals surface area (Å²) in [5.41, 5.74) is -0.216. The fraction of sp³-hybridized carbons (Fsp3) is 0.765. The lowest BCUT2D eigenvalue weighted by molar-refractivity contribution is 0.00951. The quantitative estimate of drug-likeness (QED) is 0.894. The van der Waals surface area contributed by atoms with E-state index in [2.05, 4.69) is 36.1 Å². The van der Waals surface area contributed by atoms with E-state index in [1.54, 1.807) is 0 Å². The van der Waals surface area contributed by atoms with Crippen LogP contribution in [0.1, 0.15) is 52.3 Å². The molecule has 1 aliphatic carbocycles. The van der Waals surface area contributed by atoms with E-state index in [9.17, 15) is 5.11 Å². The van der Waals surface area contributed by atoms with E-state index < -0.39 is 0 Å². The molecule has 2 aliphatic rings. The maximum absolute atomic E-state index is 9.67. The minimum Gasteiger partial charge on any atom is -0.396 e. The summed E-state index contributed by atoms with van der Waals surface area (Å²) in [6.45, 7) is 8.00. The molecule has 1 saturated carbocycles. The molecule has 3 rings (SSSR count). The summed E-state index contributed by atoms with van der Waals surface area (Å²) in [6.07, 6.45) is 6.01. The van der Waals surface area contributed by atoms with Gasteiger partial charge in [0.25, 0.3) is 0 Å².